The number of allylic oxidation sites excluding steroid dienone is 6. The molecule has 20 heteroatoms. The van der Waals surface area contributed by atoms with E-state index in [0.29, 0.717) is 57.2 Å². The van der Waals surface area contributed by atoms with Crippen molar-refractivity contribution in [1.29, 1.82) is 0 Å². The van der Waals surface area contributed by atoms with E-state index in [4.69, 9.17) is 18.2 Å². The number of hydrogen-bond acceptors (Lipinski definition) is 11. The minimum Gasteiger partial charge on any atom is -0.748 e. The van der Waals surface area contributed by atoms with Gasteiger partial charge < -0.3 is 14.8 Å². The molecule has 0 aromatic heterocycles. The predicted octanol–water partition coefficient (Wildman–Crippen LogP) is 4.91. The first-order valence-electron chi connectivity index (χ1n) is 21.1. The topological polar surface area (TPSA) is 247 Å². The fourth-order valence-electron chi connectivity index (χ4n) is 8.84. The molecule has 0 bridgehead atoms. The average molecular weight is 969 g/mol. The standard InChI is InChI=1S/C46H54N6O7S2.Na.O3S/c1-45(2)40(52(30-13-14-31-60(54,55)56)38-25-21-33-16-10-11-17-36(33)43(38)45)18-7-5-8-19-41-46(3,4)44-37-24-23-35(61(57,58)59)32-34(37)22-26-39(44)51(41)29-12-6-9-20-42(53)48-27-15-28-49-50-47;;1-4(2)3/h5,7-8,11,16-19,21-26,32H,6,9,12-15,20,27-31H2,1-4H3,(H,48,53)(H,54,55,56)(H,57,58,59);;/q;+1;/p-1. The number of rotatable bonds is 19. The van der Waals surface area contributed by atoms with Gasteiger partial charge in [-0.3, -0.25) is 9.35 Å². The summed E-state index contributed by atoms with van der Waals surface area (Å²) in [4.78, 5) is 17.2. The molecule has 4 aromatic carbocycles. The molecule has 0 saturated carbocycles. The molecule has 6 rings (SSSR count). The van der Waals surface area contributed by atoms with Crippen molar-refractivity contribution in [2.45, 2.75) is 88.4 Å². The molecular weight excluding hydrogens is 916 g/mol. The monoisotopic (exact) mass is 968 g/mol. The van der Waals surface area contributed by atoms with Crippen LogP contribution in [0.4, 0.5) is 11.4 Å². The summed E-state index contributed by atoms with van der Waals surface area (Å²) >= 11 is 0. The molecule has 2 heterocycles. The van der Waals surface area contributed by atoms with Gasteiger partial charge in [0, 0.05) is 71.6 Å². The number of hydrogen-bond donors (Lipinski definition) is 2. The van der Waals surface area contributed by atoms with Crippen LogP contribution in [0.25, 0.3) is 32.0 Å². The number of nitrogens with one attached hydrogen (secondary N) is 1. The van der Waals surface area contributed by atoms with Gasteiger partial charge in [-0.15, -0.1) is 29.5 Å². The van der Waals surface area contributed by atoms with E-state index >= 15 is 0 Å². The third-order valence-electron chi connectivity index (χ3n) is 11.7. The maximum atomic E-state index is 12.4. The van der Waals surface area contributed by atoms with Crippen LogP contribution in [0, 0.1) is 6.07 Å². The van der Waals surface area contributed by atoms with Crippen molar-refractivity contribution in [1.82, 2.24) is 5.32 Å². The molecule has 0 atom stereocenters. The zero-order valence-electron chi connectivity index (χ0n) is 37.7. The van der Waals surface area contributed by atoms with Crippen molar-refractivity contribution in [3.8, 4) is 0 Å². The van der Waals surface area contributed by atoms with Crippen molar-refractivity contribution in [3.63, 3.8) is 0 Å². The second-order valence-electron chi connectivity index (χ2n) is 16.8. The Morgan fingerprint density at radius 1 is 0.909 bits per heavy atom. The van der Waals surface area contributed by atoms with E-state index in [0.717, 1.165) is 57.3 Å². The van der Waals surface area contributed by atoms with Gasteiger partial charge in [0.1, 0.15) is 6.54 Å². The number of unbranched alkanes of at least 4 members (excludes halogenated alkanes) is 3. The largest absolute Gasteiger partial charge is 1.00 e. The van der Waals surface area contributed by atoms with Crippen LogP contribution in [0.1, 0.15) is 83.8 Å². The Morgan fingerprint density at radius 2 is 1.62 bits per heavy atom. The molecule has 0 spiro atoms. The van der Waals surface area contributed by atoms with Crippen LogP contribution in [-0.4, -0.2) is 86.7 Å². The zero-order valence-corrected chi connectivity index (χ0v) is 42.2. The fourth-order valence-corrected chi connectivity index (χ4v) is 9.91. The van der Waals surface area contributed by atoms with Gasteiger partial charge in [-0.25, -0.2) is 8.42 Å². The molecule has 16 nitrogen and oxygen atoms in total. The summed E-state index contributed by atoms with van der Waals surface area (Å²) in [6.07, 6.45) is 14.4. The maximum absolute atomic E-state index is 12.4. The maximum Gasteiger partial charge on any atom is 1.00 e. The number of amides is 1. The molecular formula is C46H53N6NaO10S3. The van der Waals surface area contributed by atoms with E-state index in [-0.39, 0.29) is 52.2 Å². The van der Waals surface area contributed by atoms with Crippen LogP contribution in [0.15, 0.2) is 107 Å². The molecule has 2 aliphatic heterocycles. The Labute approximate surface area is 410 Å². The number of anilines is 1. The normalized spacial score (nSPS) is 15.7. The Balaban J connectivity index is 0.00000183. The van der Waals surface area contributed by atoms with Crippen LogP contribution in [0.2, 0.25) is 0 Å². The van der Waals surface area contributed by atoms with Crippen molar-refractivity contribution in [2.75, 3.05) is 36.8 Å². The minimum atomic E-state index is -4.39. The average Bonchev–Trinajstić information content (AvgIpc) is 3.59. The molecule has 2 N–H and O–H groups in total. The molecule has 4 aromatic rings. The Kier molecular flexibility index (Phi) is 19.1. The SMILES string of the molecule is CC1(C)C(=CC=CC=CC2=[N+](CCCCS(=O)(=O)[O-])c3ccc4c[c-]ccc4c3C2(C)C)N(CCCCCC(=O)NCCCN=[N+]=[N-])c2ccc3cc(S(=O)(=O)O)ccc3c21.O=S(=O)=O.[Na+]. The molecule has 0 saturated heterocycles. The number of azide groups is 1. The van der Waals surface area contributed by atoms with Gasteiger partial charge in [-0.2, -0.15) is 37.3 Å². The molecule has 2 aliphatic rings. The quantitative estimate of drug-likeness (QED) is 0.0147. The second-order valence-corrected chi connectivity index (χ2v) is 20.2. The summed E-state index contributed by atoms with van der Waals surface area (Å²) in [7, 11) is -11.8. The van der Waals surface area contributed by atoms with Gasteiger partial charge in [0.15, 0.2) is 5.71 Å². The molecule has 66 heavy (non-hydrogen) atoms. The van der Waals surface area contributed by atoms with Gasteiger partial charge in [-0.05, 0) is 91.7 Å². The van der Waals surface area contributed by atoms with Crippen LogP contribution in [0.5, 0.6) is 0 Å². The van der Waals surface area contributed by atoms with Crippen LogP contribution >= 0.6 is 0 Å². The summed E-state index contributed by atoms with van der Waals surface area (Å²) in [5.41, 5.74) is 14.0. The van der Waals surface area contributed by atoms with Gasteiger partial charge in [-0.1, -0.05) is 55.7 Å². The summed E-state index contributed by atoms with van der Waals surface area (Å²) in [6.45, 7) is 10.7. The first-order chi connectivity index (χ1) is 30.7. The summed E-state index contributed by atoms with van der Waals surface area (Å²) < 4.78 is 95.4. The number of fused-ring (bicyclic) bond motifs is 6. The van der Waals surface area contributed by atoms with Crippen molar-refractivity contribution in [2.24, 2.45) is 5.11 Å². The minimum absolute atomic E-state index is 0. The van der Waals surface area contributed by atoms with E-state index in [1.807, 2.05) is 42.5 Å². The molecule has 0 radical (unpaired) electrons. The summed E-state index contributed by atoms with van der Waals surface area (Å²) in [5.74, 6) is -0.429. The van der Waals surface area contributed by atoms with Crippen LogP contribution in [-0.2, 0) is 46.5 Å². The third kappa shape index (κ3) is 13.5. The molecule has 0 fully saturated rings. The number of nitrogens with zero attached hydrogens (tertiary/aromatic N) is 5. The van der Waals surface area contributed by atoms with Crippen molar-refractivity contribution >= 4 is 75.4 Å². The van der Waals surface area contributed by atoms with Crippen LogP contribution < -0.4 is 39.8 Å². The Bertz CT molecular complexity index is 2980. The van der Waals surface area contributed by atoms with Gasteiger partial charge >= 0.3 is 40.2 Å². The second kappa shape index (κ2) is 23.4. The van der Waals surface area contributed by atoms with Gasteiger partial charge in [0.2, 0.25) is 11.6 Å². The molecule has 1 amide bonds. The number of carbonyl (C=O) groups excluding carboxylic acids is 1. The smallest absolute Gasteiger partial charge is 0.748 e. The Morgan fingerprint density at radius 3 is 2.32 bits per heavy atom. The van der Waals surface area contributed by atoms with E-state index in [1.54, 1.807) is 6.07 Å². The first kappa shape index (κ1) is 53.9. The van der Waals surface area contributed by atoms with E-state index in [9.17, 15) is 30.7 Å². The Hall–Kier alpha value is -4.69. The third-order valence-corrected chi connectivity index (χ3v) is 13.3. The molecule has 0 unspecified atom stereocenters. The van der Waals surface area contributed by atoms with Gasteiger partial charge in [0.05, 0.1) is 20.4 Å². The summed E-state index contributed by atoms with van der Waals surface area (Å²) in [5, 5.41) is 10.2. The van der Waals surface area contributed by atoms with E-state index in [2.05, 4.69) is 88.9 Å². The first-order valence-corrected chi connectivity index (χ1v) is 25.1. The fraction of sp³-hybridized carbons (Fsp3) is 0.391. The van der Waals surface area contributed by atoms with Crippen LogP contribution in [0.3, 0.4) is 0 Å². The van der Waals surface area contributed by atoms with E-state index in [1.165, 1.54) is 17.7 Å². The number of benzene rings is 4. The molecule has 0 aliphatic carbocycles. The van der Waals surface area contributed by atoms with Crippen molar-refractivity contribution < 1.29 is 77.5 Å². The zero-order chi connectivity index (χ0) is 47.6. The van der Waals surface area contributed by atoms with Crippen molar-refractivity contribution in [3.05, 3.63) is 124 Å². The van der Waals surface area contributed by atoms with E-state index < -0.39 is 42.0 Å². The van der Waals surface area contributed by atoms with Gasteiger partial charge in [0.25, 0.3) is 10.1 Å². The summed E-state index contributed by atoms with van der Waals surface area (Å²) in [6, 6.07) is 21.9. The molecule has 346 valence electrons. The number of carbonyl (C=O) groups is 1. The predicted molar refractivity (Wildman–Crippen MR) is 250 cm³/mol.